The lowest BCUT2D eigenvalue weighted by Gasteiger charge is -2.37. The number of piperazine rings is 1. The van der Waals surface area contributed by atoms with Crippen LogP contribution in [0.4, 0.5) is 33.5 Å². The van der Waals surface area contributed by atoms with Gasteiger partial charge in [0.15, 0.2) is 0 Å². The predicted molar refractivity (Wildman–Crippen MR) is 93.3 cm³/mol. The van der Waals surface area contributed by atoms with Crippen molar-refractivity contribution in [3.63, 3.8) is 0 Å². The maximum absolute atomic E-state index is 12.9. The Balaban J connectivity index is 1.75. The van der Waals surface area contributed by atoms with Crippen LogP contribution in [0.25, 0.3) is 0 Å². The first kappa shape index (κ1) is 20.3. The summed E-state index contributed by atoms with van der Waals surface area (Å²) in [5, 5.41) is 0. The molecule has 3 rings (SSSR count). The number of hydrogen-bond acceptors (Lipinski definition) is 5. The van der Waals surface area contributed by atoms with Gasteiger partial charge in [0.2, 0.25) is 9.84 Å². The van der Waals surface area contributed by atoms with Gasteiger partial charge in [0.05, 0.1) is 16.1 Å². The Labute approximate surface area is 158 Å². The highest BCUT2D eigenvalue weighted by atomic mass is 32.2. The largest absolute Gasteiger partial charge is 0.417 e. The number of anilines is 2. The van der Waals surface area contributed by atoms with Crippen LogP contribution in [0.1, 0.15) is 5.56 Å². The molecule has 0 amide bonds. The molecule has 0 bridgehead atoms. The summed E-state index contributed by atoms with van der Waals surface area (Å²) in [5.74, 6) is -3.16. The Hall–Kier alpha value is -2.43. The minimum Gasteiger partial charge on any atom is -0.367 e. The summed E-state index contributed by atoms with van der Waals surface area (Å²) in [6, 6.07) is 7.75. The summed E-state index contributed by atoms with van der Waals surface area (Å²) in [6.45, 7) is 1.31. The second kappa shape index (κ2) is 7.53. The molecule has 28 heavy (non-hydrogen) atoms. The number of para-hydroxylation sites is 1. The van der Waals surface area contributed by atoms with Crippen LogP contribution >= 0.6 is 0 Å². The van der Waals surface area contributed by atoms with E-state index < -0.39 is 32.2 Å². The Bertz CT molecular complexity index is 925. The van der Waals surface area contributed by atoms with Crippen LogP contribution < -0.4 is 9.80 Å². The molecule has 152 valence electrons. The average molecular weight is 421 g/mol. The van der Waals surface area contributed by atoms with Gasteiger partial charge in [-0.15, -0.1) is 0 Å². The number of benzene rings is 1. The predicted octanol–water partition coefficient (Wildman–Crippen LogP) is 3.42. The summed E-state index contributed by atoms with van der Waals surface area (Å²) in [4.78, 5) is 6.81. The van der Waals surface area contributed by atoms with Crippen molar-refractivity contribution in [2.45, 2.75) is 16.8 Å². The van der Waals surface area contributed by atoms with E-state index >= 15 is 0 Å². The highest BCUT2D eigenvalue weighted by Crippen LogP contribution is 2.31. The maximum Gasteiger partial charge on any atom is 0.417 e. The summed E-state index contributed by atoms with van der Waals surface area (Å²) in [7, 11) is -4.75. The van der Waals surface area contributed by atoms with E-state index in [2.05, 4.69) is 4.98 Å². The van der Waals surface area contributed by atoms with Crippen molar-refractivity contribution in [1.29, 1.82) is 0 Å². The second-order valence-electron chi connectivity index (χ2n) is 6.15. The van der Waals surface area contributed by atoms with Crippen molar-refractivity contribution in [3.8, 4) is 0 Å². The fourth-order valence-corrected chi connectivity index (χ4v) is 3.92. The molecule has 1 fully saturated rings. The minimum absolute atomic E-state index is 0.183. The lowest BCUT2D eigenvalue weighted by molar-refractivity contribution is -0.137. The zero-order valence-electron chi connectivity index (χ0n) is 14.4. The lowest BCUT2D eigenvalue weighted by atomic mass is 10.2. The summed E-state index contributed by atoms with van der Waals surface area (Å²) in [6.07, 6.45) is -3.71. The van der Waals surface area contributed by atoms with E-state index in [1.54, 1.807) is 15.9 Å². The molecule has 0 aliphatic carbocycles. The highest BCUT2D eigenvalue weighted by molar-refractivity contribution is 7.91. The Morgan fingerprint density at radius 1 is 0.929 bits per heavy atom. The van der Waals surface area contributed by atoms with Gasteiger partial charge in [0.25, 0.3) is 0 Å². The molecule has 2 aromatic rings. The fraction of sp³-hybridized carbons (Fsp3) is 0.353. The highest BCUT2D eigenvalue weighted by Gasteiger charge is 2.32. The van der Waals surface area contributed by atoms with Gasteiger partial charge in [0.1, 0.15) is 5.82 Å². The number of nitrogens with zero attached hydrogens (tertiary/aromatic N) is 3. The van der Waals surface area contributed by atoms with Crippen LogP contribution in [-0.4, -0.2) is 45.3 Å². The number of alkyl halides is 5. The van der Waals surface area contributed by atoms with Crippen molar-refractivity contribution in [3.05, 3.63) is 48.2 Å². The van der Waals surface area contributed by atoms with E-state index in [-0.39, 0.29) is 5.69 Å². The SMILES string of the molecule is O=S(=O)(c1ccccc1N1CCN(c2ccc(C(F)(F)F)cn2)CC1)C(F)F. The molecule has 1 aromatic heterocycles. The molecule has 1 aliphatic rings. The van der Waals surface area contributed by atoms with Crippen molar-refractivity contribution < 1.29 is 30.4 Å². The van der Waals surface area contributed by atoms with Gasteiger partial charge in [-0.25, -0.2) is 13.4 Å². The molecule has 0 saturated carbocycles. The zero-order chi connectivity index (χ0) is 20.5. The van der Waals surface area contributed by atoms with E-state index in [0.717, 1.165) is 18.3 Å². The Morgan fingerprint density at radius 3 is 2.07 bits per heavy atom. The molecule has 0 radical (unpaired) electrons. The lowest BCUT2D eigenvalue weighted by Crippen LogP contribution is -2.47. The summed E-state index contributed by atoms with van der Waals surface area (Å²) in [5.41, 5.74) is -0.663. The van der Waals surface area contributed by atoms with Gasteiger partial charge in [-0.3, -0.25) is 0 Å². The van der Waals surface area contributed by atoms with Gasteiger partial charge in [0, 0.05) is 32.4 Å². The molecule has 0 unspecified atom stereocenters. The van der Waals surface area contributed by atoms with Gasteiger partial charge in [-0.05, 0) is 24.3 Å². The van der Waals surface area contributed by atoms with E-state index in [4.69, 9.17) is 0 Å². The average Bonchev–Trinajstić information content (AvgIpc) is 2.67. The number of pyridine rings is 1. The Kier molecular flexibility index (Phi) is 5.46. The number of halogens is 5. The molecule has 11 heteroatoms. The molecule has 2 heterocycles. The number of hydrogen-bond donors (Lipinski definition) is 0. The third-order valence-corrected chi connectivity index (χ3v) is 5.85. The smallest absolute Gasteiger partial charge is 0.367 e. The maximum atomic E-state index is 12.9. The third-order valence-electron chi connectivity index (χ3n) is 4.43. The number of sulfone groups is 1. The van der Waals surface area contributed by atoms with E-state index in [1.165, 1.54) is 18.2 Å². The van der Waals surface area contributed by atoms with E-state index in [0.29, 0.717) is 32.0 Å². The monoisotopic (exact) mass is 421 g/mol. The topological polar surface area (TPSA) is 53.5 Å². The van der Waals surface area contributed by atoms with Crippen molar-refractivity contribution in [1.82, 2.24) is 4.98 Å². The molecule has 0 spiro atoms. The van der Waals surface area contributed by atoms with Crippen molar-refractivity contribution in [2.24, 2.45) is 0 Å². The first-order valence-electron chi connectivity index (χ1n) is 8.25. The Morgan fingerprint density at radius 2 is 1.54 bits per heavy atom. The molecule has 0 N–H and O–H groups in total. The fourth-order valence-electron chi connectivity index (χ4n) is 2.97. The standard InChI is InChI=1S/C17H16F5N3O2S/c18-16(19)28(26,27)14-4-2-1-3-13(14)24-7-9-25(10-8-24)15-6-5-12(11-23-15)17(20,21)22/h1-6,11,16H,7-10H2. The minimum atomic E-state index is -4.75. The van der Waals surface area contributed by atoms with E-state index in [9.17, 15) is 30.4 Å². The quantitative estimate of drug-likeness (QED) is 0.709. The van der Waals surface area contributed by atoms with Gasteiger partial charge in [-0.2, -0.15) is 22.0 Å². The zero-order valence-corrected chi connectivity index (χ0v) is 15.2. The van der Waals surface area contributed by atoms with E-state index in [1.807, 2.05) is 0 Å². The van der Waals surface area contributed by atoms with Crippen molar-refractivity contribution in [2.75, 3.05) is 36.0 Å². The molecule has 5 nitrogen and oxygen atoms in total. The molecular weight excluding hydrogens is 405 g/mol. The molecular formula is C17H16F5N3O2S. The van der Waals surface area contributed by atoms with Gasteiger partial charge in [-0.1, -0.05) is 12.1 Å². The van der Waals surface area contributed by atoms with Crippen LogP contribution in [0.5, 0.6) is 0 Å². The molecule has 1 saturated heterocycles. The summed E-state index contributed by atoms with van der Waals surface area (Å²) >= 11 is 0. The third kappa shape index (κ3) is 4.03. The number of rotatable bonds is 4. The molecule has 1 aromatic carbocycles. The molecule has 0 atom stereocenters. The van der Waals surface area contributed by atoms with Crippen LogP contribution in [0, 0.1) is 0 Å². The van der Waals surface area contributed by atoms with Crippen LogP contribution in [0.3, 0.4) is 0 Å². The van der Waals surface area contributed by atoms with Crippen LogP contribution in [0.15, 0.2) is 47.5 Å². The van der Waals surface area contributed by atoms with Gasteiger partial charge < -0.3 is 9.80 Å². The first-order valence-corrected chi connectivity index (χ1v) is 9.79. The van der Waals surface area contributed by atoms with Gasteiger partial charge >= 0.3 is 11.9 Å². The first-order chi connectivity index (χ1) is 13.1. The summed E-state index contributed by atoms with van der Waals surface area (Å²) < 4.78 is 87.6. The second-order valence-corrected chi connectivity index (χ2v) is 8.04. The van der Waals surface area contributed by atoms with Crippen molar-refractivity contribution >= 4 is 21.3 Å². The number of aromatic nitrogens is 1. The molecule has 1 aliphatic heterocycles. The normalized spacial score (nSPS) is 15.9. The van der Waals surface area contributed by atoms with Crippen LogP contribution in [-0.2, 0) is 16.0 Å². The van der Waals surface area contributed by atoms with Crippen LogP contribution in [0.2, 0.25) is 0 Å².